The zero-order chi connectivity index (χ0) is 11.1. The van der Waals surface area contributed by atoms with Crippen molar-refractivity contribution in [3.05, 3.63) is 34.8 Å². The summed E-state index contributed by atoms with van der Waals surface area (Å²) < 4.78 is 6.70. The molecule has 4 nitrogen and oxygen atoms in total. The van der Waals surface area contributed by atoms with Crippen LogP contribution in [0.3, 0.4) is 0 Å². The van der Waals surface area contributed by atoms with E-state index < -0.39 is 0 Å². The predicted octanol–water partition coefficient (Wildman–Crippen LogP) is 3.17. The van der Waals surface area contributed by atoms with Crippen molar-refractivity contribution in [2.45, 2.75) is 0 Å². The van der Waals surface area contributed by atoms with Crippen molar-refractivity contribution in [1.82, 2.24) is 10.2 Å². The maximum Gasteiger partial charge on any atom is 0.153 e. The number of hydrogen-bond donors (Lipinski definition) is 2. The molecule has 0 aliphatic heterocycles. The molecule has 0 unspecified atom stereocenters. The largest absolute Gasteiger partial charge is 0.454 e. The third-order valence-electron chi connectivity index (χ3n) is 2.34. The summed E-state index contributed by atoms with van der Waals surface area (Å²) in [4.78, 5) is 0. The maximum absolute atomic E-state index is 5.67. The summed E-state index contributed by atoms with van der Waals surface area (Å²) >= 11 is 3.42. The van der Waals surface area contributed by atoms with Crippen molar-refractivity contribution in [1.29, 1.82) is 0 Å². The molecule has 80 valence electrons. The molecule has 0 saturated carbocycles. The third-order valence-corrected chi connectivity index (χ3v) is 2.83. The number of aromatic nitrogens is 2. The van der Waals surface area contributed by atoms with Crippen molar-refractivity contribution in [3.63, 3.8) is 0 Å². The molecule has 0 bridgehead atoms. The van der Waals surface area contributed by atoms with Crippen LogP contribution < -0.4 is 5.73 Å². The Hall–Kier alpha value is -1.75. The molecule has 0 atom stereocenters. The Labute approximate surface area is 99.6 Å². The third kappa shape index (κ3) is 1.49. The normalized spacial score (nSPS) is 11.1. The molecule has 3 rings (SSSR count). The van der Waals surface area contributed by atoms with E-state index >= 15 is 0 Å². The summed E-state index contributed by atoms with van der Waals surface area (Å²) in [6.45, 7) is 0. The van der Waals surface area contributed by atoms with Gasteiger partial charge in [0.25, 0.3) is 0 Å². The van der Waals surface area contributed by atoms with Gasteiger partial charge in [0, 0.05) is 15.9 Å². The Morgan fingerprint density at radius 1 is 1.25 bits per heavy atom. The summed E-state index contributed by atoms with van der Waals surface area (Å²) in [7, 11) is 0. The number of rotatable bonds is 1. The summed E-state index contributed by atoms with van der Waals surface area (Å²) in [5.74, 6) is 1.19. The zero-order valence-corrected chi connectivity index (χ0v) is 9.78. The minimum Gasteiger partial charge on any atom is -0.454 e. The molecule has 0 amide bonds. The molecular weight excluding hydrogens is 270 g/mol. The van der Waals surface area contributed by atoms with Crippen LogP contribution in [0.15, 0.2) is 39.2 Å². The van der Waals surface area contributed by atoms with Gasteiger partial charge in [0.15, 0.2) is 5.76 Å². The molecule has 3 N–H and O–H groups in total. The number of nitrogens with zero attached hydrogens (tertiary/aromatic N) is 1. The average molecular weight is 278 g/mol. The highest BCUT2D eigenvalue weighted by atomic mass is 79.9. The predicted molar refractivity (Wildman–Crippen MR) is 65.9 cm³/mol. The smallest absolute Gasteiger partial charge is 0.153 e. The lowest BCUT2D eigenvalue weighted by Crippen LogP contribution is -1.81. The molecule has 0 saturated heterocycles. The van der Waals surface area contributed by atoms with E-state index in [2.05, 4.69) is 26.1 Å². The van der Waals surface area contributed by atoms with E-state index in [1.54, 1.807) is 6.07 Å². The monoisotopic (exact) mass is 277 g/mol. The fourth-order valence-electron chi connectivity index (χ4n) is 1.61. The van der Waals surface area contributed by atoms with Gasteiger partial charge in [-0.05, 0) is 24.3 Å². The van der Waals surface area contributed by atoms with Gasteiger partial charge >= 0.3 is 0 Å². The zero-order valence-electron chi connectivity index (χ0n) is 8.20. The Balaban J connectivity index is 2.18. The van der Waals surface area contributed by atoms with Gasteiger partial charge in [-0.1, -0.05) is 15.9 Å². The second kappa shape index (κ2) is 3.38. The molecule has 3 aromatic rings. The van der Waals surface area contributed by atoms with Gasteiger partial charge in [0.1, 0.15) is 17.1 Å². The average Bonchev–Trinajstić information content (AvgIpc) is 2.83. The highest BCUT2D eigenvalue weighted by Crippen LogP contribution is 2.29. The van der Waals surface area contributed by atoms with Gasteiger partial charge in [-0.3, -0.25) is 5.10 Å². The first kappa shape index (κ1) is 9.47. The van der Waals surface area contributed by atoms with Gasteiger partial charge in [0.2, 0.25) is 0 Å². The lowest BCUT2D eigenvalue weighted by atomic mass is 10.2. The van der Waals surface area contributed by atoms with Crippen LogP contribution in [0.5, 0.6) is 0 Å². The first-order chi connectivity index (χ1) is 7.72. The molecule has 0 aliphatic rings. The Bertz CT molecular complexity index is 656. The molecule has 0 aliphatic carbocycles. The maximum atomic E-state index is 5.67. The van der Waals surface area contributed by atoms with Crippen molar-refractivity contribution in [3.8, 4) is 11.5 Å². The molecule has 2 heterocycles. The SMILES string of the molecule is Nc1cc(-c2cc3cc(Br)ccc3o2)[nH]n1. The van der Waals surface area contributed by atoms with E-state index in [1.165, 1.54) is 0 Å². The minimum absolute atomic E-state index is 0.455. The minimum atomic E-state index is 0.455. The number of aromatic amines is 1. The number of anilines is 1. The lowest BCUT2D eigenvalue weighted by molar-refractivity contribution is 0.628. The first-order valence-electron chi connectivity index (χ1n) is 4.73. The topological polar surface area (TPSA) is 67.8 Å². The highest BCUT2D eigenvalue weighted by Gasteiger charge is 2.08. The van der Waals surface area contributed by atoms with Crippen molar-refractivity contribution < 1.29 is 4.42 Å². The van der Waals surface area contributed by atoms with Crippen LogP contribution in [-0.2, 0) is 0 Å². The van der Waals surface area contributed by atoms with Crippen LogP contribution in [0.1, 0.15) is 0 Å². The molecule has 0 fully saturated rings. The van der Waals surface area contributed by atoms with E-state index in [-0.39, 0.29) is 0 Å². The number of halogens is 1. The van der Waals surface area contributed by atoms with E-state index in [4.69, 9.17) is 10.2 Å². The molecule has 0 spiro atoms. The number of H-pyrrole nitrogens is 1. The number of furan rings is 1. The van der Waals surface area contributed by atoms with E-state index in [0.29, 0.717) is 5.82 Å². The van der Waals surface area contributed by atoms with Crippen LogP contribution in [0.2, 0.25) is 0 Å². The Kier molecular flexibility index (Phi) is 2.00. The van der Waals surface area contributed by atoms with Gasteiger partial charge in [-0.2, -0.15) is 5.10 Å². The number of nitrogens with one attached hydrogen (secondary N) is 1. The highest BCUT2D eigenvalue weighted by molar-refractivity contribution is 9.10. The summed E-state index contributed by atoms with van der Waals surface area (Å²) in [6.07, 6.45) is 0. The van der Waals surface area contributed by atoms with Crippen LogP contribution in [0.4, 0.5) is 5.82 Å². The van der Waals surface area contributed by atoms with E-state index in [0.717, 1.165) is 26.9 Å². The number of nitrogens with two attached hydrogens (primary N) is 1. The molecule has 2 aromatic heterocycles. The van der Waals surface area contributed by atoms with E-state index in [9.17, 15) is 0 Å². The van der Waals surface area contributed by atoms with Gasteiger partial charge in [-0.25, -0.2) is 0 Å². The molecule has 0 radical (unpaired) electrons. The second-order valence-electron chi connectivity index (χ2n) is 3.50. The number of nitrogen functional groups attached to an aromatic ring is 1. The molecule has 1 aromatic carbocycles. The number of benzene rings is 1. The first-order valence-corrected chi connectivity index (χ1v) is 5.52. The van der Waals surface area contributed by atoms with Crippen LogP contribution in [0.25, 0.3) is 22.4 Å². The lowest BCUT2D eigenvalue weighted by Gasteiger charge is -1.88. The van der Waals surface area contributed by atoms with Crippen molar-refractivity contribution in [2.24, 2.45) is 0 Å². The van der Waals surface area contributed by atoms with Gasteiger partial charge < -0.3 is 10.2 Å². The van der Waals surface area contributed by atoms with Gasteiger partial charge in [-0.15, -0.1) is 0 Å². The van der Waals surface area contributed by atoms with Crippen LogP contribution in [0, 0.1) is 0 Å². The molecular formula is C11H8BrN3O. The van der Waals surface area contributed by atoms with Crippen molar-refractivity contribution in [2.75, 3.05) is 5.73 Å². The quantitative estimate of drug-likeness (QED) is 0.718. The second-order valence-corrected chi connectivity index (χ2v) is 4.41. The number of fused-ring (bicyclic) bond motifs is 1. The fraction of sp³-hybridized carbons (Fsp3) is 0. The summed E-state index contributed by atoms with van der Waals surface area (Å²) in [5, 5.41) is 7.72. The molecule has 5 heteroatoms. The fourth-order valence-corrected chi connectivity index (χ4v) is 1.99. The van der Waals surface area contributed by atoms with Crippen molar-refractivity contribution >= 4 is 32.7 Å². The van der Waals surface area contributed by atoms with Crippen LogP contribution in [-0.4, -0.2) is 10.2 Å². The van der Waals surface area contributed by atoms with Crippen LogP contribution >= 0.6 is 15.9 Å². The summed E-state index contributed by atoms with van der Waals surface area (Å²) in [6, 6.07) is 9.56. The Morgan fingerprint density at radius 2 is 2.12 bits per heavy atom. The standard InChI is InChI=1S/C11H8BrN3O/c12-7-1-2-9-6(3-7)4-10(16-9)8-5-11(13)15-14-8/h1-5H,(H3,13,14,15). The van der Waals surface area contributed by atoms with Gasteiger partial charge in [0.05, 0.1) is 0 Å². The Morgan fingerprint density at radius 3 is 2.88 bits per heavy atom. The number of hydrogen-bond acceptors (Lipinski definition) is 3. The van der Waals surface area contributed by atoms with E-state index in [1.807, 2.05) is 24.3 Å². The summed E-state index contributed by atoms with van der Waals surface area (Å²) in [5.41, 5.74) is 7.16. The molecule has 16 heavy (non-hydrogen) atoms.